The van der Waals surface area contributed by atoms with E-state index in [1.54, 1.807) is 0 Å². The Morgan fingerprint density at radius 3 is 2.92 bits per heavy atom. The van der Waals surface area contributed by atoms with Gasteiger partial charge in [0, 0.05) is 18.7 Å². The van der Waals surface area contributed by atoms with Gasteiger partial charge in [-0.2, -0.15) is 0 Å². The summed E-state index contributed by atoms with van der Waals surface area (Å²) in [6.07, 6.45) is 0. The Labute approximate surface area is 78.7 Å². The topological polar surface area (TPSA) is 50.1 Å². The molecule has 1 rings (SSSR count). The molecule has 13 heavy (non-hydrogen) atoms. The lowest BCUT2D eigenvalue weighted by Gasteiger charge is -2.09. The normalized spacial score (nSPS) is 13.2. The predicted molar refractivity (Wildman–Crippen MR) is 51.5 cm³/mol. The van der Waals surface area contributed by atoms with Crippen molar-refractivity contribution in [2.75, 3.05) is 13.6 Å². The number of aromatic nitrogens is 1. The average molecular weight is 183 g/mol. The van der Waals surface area contributed by atoms with Crippen molar-refractivity contribution in [2.45, 2.75) is 26.4 Å². The van der Waals surface area contributed by atoms with Gasteiger partial charge in [0.2, 0.25) is 0 Å². The number of likely N-dealkylation sites (N-methyl/N-ethyl adjacent to an activating group) is 1. The number of hydrogen-bond donors (Lipinski definition) is 2. The van der Waals surface area contributed by atoms with Gasteiger partial charge in [-0.25, -0.2) is 0 Å². The van der Waals surface area contributed by atoms with E-state index in [0.29, 0.717) is 6.04 Å². The van der Waals surface area contributed by atoms with Crippen LogP contribution < -0.4 is 10.6 Å². The van der Waals surface area contributed by atoms with Gasteiger partial charge in [0.1, 0.15) is 0 Å². The molecular weight excluding hydrogens is 166 g/mol. The molecule has 0 aliphatic carbocycles. The maximum absolute atomic E-state index is 5.05. The molecule has 0 amide bonds. The van der Waals surface area contributed by atoms with Gasteiger partial charge in [-0.15, -0.1) is 0 Å². The van der Waals surface area contributed by atoms with E-state index in [1.807, 2.05) is 20.0 Å². The molecular formula is C9H17N3O. The van der Waals surface area contributed by atoms with Crippen LogP contribution in [0.15, 0.2) is 10.6 Å². The zero-order valence-electron chi connectivity index (χ0n) is 8.42. The highest BCUT2D eigenvalue weighted by Crippen LogP contribution is 2.00. The van der Waals surface area contributed by atoms with E-state index in [1.165, 1.54) is 0 Å². The van der Waals surface area contributed by atoms with Crippen molar-refractivity contribution < 1.29 is 4.52 Å². The first-order chi connectivity index (χ1) is 6.22. The molecule has 1 unspecified atom stereocenters. The van der Waals surface area contributed by atoms with Gasteiger partial charge in [0.05, 0.1) is 12.2 Å². The van der Waals surface area contributed by atoms with Gasteiger partial charge in [-0.3, -0.25) is 0 Å². The first-order valence-electron chi connectivity index (χ1n) is 4.52. The molecule has 1 aromatic rings. The van der Waals surface area contributed by atoms with Crippen molar-refractivity contribution in [1.82, 2.24) is 15.8 Å². The first-order valence-corrected chi connectivity index (χ1v) is 4.52. The Bertz CT molecular complexity index is 247. The standard InChI is InChI=1S/C9H17N3O/c1-7-4-9(13-12-7)6-11-5-8(2)10-3/h4,8,10-11H,5-6H2,1-3H3. The van der Waals surface area contributed by atoms with E-state index in [-0.39, 0.29) is 0 Å². The third kappa shape index (κ3) is 3.57. The highest BCUT2D eigenvalue weighted by atomic mass is 16.5. The van der Waals surface area contributed by atoms with Crippen LogP contribution in [0.25, 0.3) is 0 Å². The molecule has 4 heteroatoms. The van der Waals surface area contributed by atoms with E-state index in [2.05, 4.69) is 22.7 Å². The van der Waals surface area contributed by atoms with Crippen molar-refractivity contribution in [3.63, 3.8) is 0 Å². The van der Waals surface area contributed by atoms with Crippen molar-refractivity contribution in [3.05, 3.63) is 17.5 Å². The molecule has 0 spiro atoms. The molecule has 0 aromatic carbocycles. The molecule has 1 heterocycles. The van der Waals surface area contributed by atoms with Gasteiger partial charge in [-0.1, -0.05) is 5.16 Å². The average Bonchev–Trinajstić information content (AvgIpc) is 2.51. The lowest BCUT2D eigenvalue weighted by molar-refractivity contribution is 0.366. The number of nitrogens with zero attached hydrogens (tertiary/aromatic N) is 1. The molecule has 0 aliphatic rings. The van der Waals surface area contributed by atoms with Gasteiger partial charge in [-0.05, 0) is 20.9 Å². The molecule has 1 aromatic heterocycles. The lowest BCUT2D eigenvalue weighted by Crippen LogP contribution is -2.33. The highest BCUT2D eigenvalue weighted by Gasteiger charge is 2.01. The molecule has 4 nitrogen and oxygen atoms in total. The summed E-state index contributed by atoms with van der Waals surface area (Å²) in [5, 5.41) is 10.2. The fraction of sp³-hybridized carbons (Fsp3) is 0.667. The van der Waals surface area contributed by atoms with Crippen LogP contribution in [0.5, 0.6) is 0 Å². The molecule has 0 saturated heterocycles. The summed E-state index contributed by atoms with van der Waals surface area (Å²) in [5.41, 5.74) is 0.929. The van der Waals surface area contributed by atoms with E-state index in [9.17, 15) is 0 Å². The number of hydrogen-bond acceptors (Lipinski definition) is 4. The van der Waals surface area contributed by atoms with Crippen LogP contribution in [-0.4, -0.2) is 24.8 Å². The quantitative estimate of drug-likeness (QED) is 0.705. The molecule has 0 saturated carbocycles. The summed E-state index contributed by atoms with van der Waals surface area (Å²) < 4.78 is 5.05. The summed E-state index contributed by atoms with van der Waals surface area (Å²) in [6, 6.07) is 2.42. The van der Waals surface area contributed by atoms with Crippen molar-refractivity contribution >= 4 is 0 Å². The fourth-order valence-corrected chi connectivity index (χ4v) is 1.01. The zero-order valence-corrected chi connectivity index (χ0v) is 8.42. The summed E-state index contributed by atoms with van der Waals surface area (Å²) in [5.74, 6) is 0.890. The Balaban J connectivity index is 2.20. The van der Waals surface area contributed by atoms with E-state index in [4.69, 9.17) is 4.52 Å². The molecule has 1 atom stereocenters. The molecule has 0 fully saturated rings. The molecule has 0 bridgehead atoms. The third-order valence-electron chi connectivity index (χ3n) is 1.92. The second-order valence-electron chi connectivity index (χ2n) is 3.26. The number of rotatable bonds is 5. The molecule has 0 radical (unpaired) electrons. The van der Waals surface area contributed by atoms with Crippen LogP contribution in [0.3, 0.4) is 0 Å². The minimum absolute atomic E-state index is 0.476. The van der Waals surface area contributed by atoms with Gasteiger partial charge >= 0.3 is 0 Å². The van der Waals surface area contributed by atoms with Crippen LogP contribution in [0, 0.1) is 6.92 Å². The van der Waals surface area contributed by atoms with Crippen LogP contribution in [0.1, 0.15) is 18.4 Å². The second-order valence-corrected chi connectivity index (χ2v) is 3.26. The maximum Gasteiger partial charge on any atom is 0.150 e. The first kappa shape index (κ1) is 10.2. The maximum atomic E-state index is 5.05. The predicted octanol–water partition coefficient (Wildman–Crippen LogP) is 0.681. The van der Waals surface area contributed by atoms with Crippen molar-refractivity contribution in [3.8, 4) is 0 Å². The Morgan fingerprint density at radius 2 is 2.38 bits per heavy atom. The summed E-state index contributed by atoms with van der Waals surface area (Å²) in [6.45, 7) is 5.71. The van der Waals surface area contributed by atoms with Crippen molar-refractivity contribution in [1.29, 1.82) is 0 Å². The van der Waals surface area contributed by atoms with E-state index >= 15 is 0 Å². The largest absolute Gasteiger partial charge is 0.360 e. The highest BCUT2D eigenvalue weighted by molar-refractivity contribution is 5.02. The fourth-order valence-electron chi connectivity index (χ4n) is 1.01. The smallest absolute Gasteiger partial charge is 0.150 e. The Kier molecular flexibility index (Phi) is 3.92. The minimum atomic E-state index is 0.476. The van der Waals surface area contributed by atoms with E-state index in [0.717, 1.165) is 24.5 Å². The second kappa shape index (κ2) is 4.99. The van der Waals surface area contributed by atoms with Crippen LogP contribution in [0.4, 0.5) is 0 Å². The molecule has 74 valence electrons. The van der Waals surface area contributed by atoms with Gasteiger partial charge in [0.15, 0.2) is 5.76 Å². The zero-order chi connectivity index (χ0) is 9.68. The Morgan fingerprint density at radius 1 is 1.62 bits per heavy atom. The number of aryl methyl sites for hydroxylation is 1. The SMILES string of the molecule is CNC(C)CNCc1cc(C)no1. The van der Waals surface area contributed by atoms with Gasteiger partial charge < -0.3 is 15.2 Å². The lowest BCUT2D eigenvalue weighted by atomic mass is 10.3. The minimum Gasteiger partial charge on any atom is -0.360 e. The van der Waals surface area contributed by atoms with Crippen LogP contribution >= 0.6 is 0 Å². The summed E-state index contributed by atoms with van der Waals surface area (Å²) in [7, 11) is 1.95. The third-order valence-corrected chi connectivity index (χ3v) is 1.92. The Hall–Kier alpha value is -0.870. The molecule has 0 aliphatic heterocycles. The number of nitrogens with one attached hydrogen (secondary N) is 2. The van der Waals surface area contributed by atoms with Crippen LogP contribution in [0.2, 0.25) is 0 Å². The van der Waals surface area contributed by atoms with Gasteiger partial charge in [0.25, 0.3) is 0 Å². The summed E-state index contributed by atoms with van der Waals surface area (Å²) >= 11 is 0. The van der Waals surface area contributed by atoms with Crippen LogP contribution in [-0.2, 0) is 6.54 Å². The molecule has 2 N–H and O–H groups in total. The monoisotopic (exact) mass is 183 g/mol. The van der Waals surface area contributed by atoms with Crippen molar-refractivity contribution in [2.24, 2.45) is 0 Å². The van der Waals surface area contributed by atoms with E-state index < -0.39 is 0 Å². The summed E-state index contributed by atoms with van der Waals surface area (Å²) in [4.78, 5) is 0.